The van der Waals surface area contributed by atoms with Gasteiger partial charge in [-0.2, -0.15) is 0 Å². The predicted molar refractivity (Wildman–Crippen MR) is 127 cm³/mol. The lowest BCUT2D eigenvalue weighted by atomic mass is 9.99. The van der Waals surface area contributed by atoms with Gasteiger partial charge in [-0.25, -0.2) is 4.79 Å². The second-order valence-corrected chi connectivity index (χ2v) is 7.35. The van der Waals surface area contributed by atoms with Gasteiger partial charge in [-0.1, -0.05) is 43.0 Å². The molecule has 5 heteroatoms. The van der Waals surface area contributed by atoms with Gasteiger partial charge in [-0.15, -0.1) is 0 Å². The van der Waals surface area contributed by atoms with Crippen LogP contribution in [0.2, 0.25) is 0 Å². The van der Waals surface area contributed by atoms with Gasteiger partial charge >= 0.3 is 5.63 Å². The third-order valence-corrected chi connectivity index (χ3v) is 5.43. The Morgan fingerprint density at radius 1 is 0.938 bits per heavy atom. The zero-order chi connectivity index (χ0) is 22.7. The molecule has 0 aliphatic carbocycles. The SMILES string of the molecule is C=Cc1ccc(COc2ccc3oc(=O)c(-c4ccc(OC)c(OC)c4)c(C)c3c2)cc1. The molecule has 4 aromatic rings. The van der Waals surface area contributed by atoms with Gasteiger partial charge in [0.1, 0.15) is 17.9 Å². The topological polar surface area (TPSA) is 57.9 Å². The fraction of sp³-hybridized carbons (Fsp3) is 0.148. The number of fused-ring (bicyclic) bond motifs is 1. The highest BCUT2D eigenvalue weighted by molar-refractivity contribution is 5.88. The zero-order valence-electron chi connectivity index (χ0n) is 18.3. The van der Waals surface area contributed by atoms with Crippen molar-refractivity contribution in [3.05, 3.63) is 94.4 Å². The molecule has 0 N–H and O–H groups in total. The summed E-state index contributed by atoms with van der Waals surface area (Å²) < 4.78 is 22.3. The molecule has 0 spiro atoms. The third-order valence-electron chi connectivity index (χ3n) is 5.43. The van der Waals surface area contributed by atoms with Crippen LogP contribution in [0.3, 0.4) is 0 Å². The average molecular weight is 428 g/mol. The Hall–Kier alpha value is -3.99. The number of aryl methyl sites for hydroxylation is 1. The maximum atomic E-state index is 12.8. The number of methoxy groups -OCH3 is 2. The van der Waals surface area contributed by atoms with Gasteiger partial charge in [0.05, 0.1) is 19.8 Å². The molecule has 1 heterocycles. The van der Waals surface area contributed by atoms with Crippen molar-refractivity contribution in [1.82, 2.24) is 0 Å². The van der Waals surface area contributed by atoms with Crippen LogP contribution in [0.4, 0.5) is 0 Å². The molecule has 4 rings (SSSR count). The van der Waals surface area contributed by atoms with Crippen LogP contribution in [0.5, 0.6) is 17.2 Å². The first-order valence-electron chi connectivity index (χ1n) is 10.2. The van der Waals surface area contributed by atoms with E-state index in [2.05, 4.69) is 6.58 Å². The lowest BCUT2D eigenvalue weighted by Gasteiger charge is -2.13. The van der Waals surface area contributed by atoms with Gasteiger partial charge in [-0.05, 0) is 59.5 Å². The predicted octanol–water partition coefficient (Wildman–Crippen LogP) is 6.01. The van der Waals surface area contributed by atoms with Crippen molar-refractivity contribution < 1.29 is 18.6 Å². The minimum absolute atomic E-state index is 0.404. The summed E-state index contributed by atoms with van der Waals surface area (Å²) in [7, 11) is 3.13. The molecule has 162 valence electrons. The molecule has 1 aromatic heterocycles. The van der Waals surface area contributed by atoms with E-state index in [1.807, 2.05) is 43.3 Å². The van der Waals surface area contributed by atoms with Crippen LogP contribution in [0, 0.1) is 6.92 Å². The van der Waals surface area contributed by atoms with Crippen molar-refractivity contribution in [3.8, 4) is 28.4 Å². The van der Waals surface area contributed by atoms with Crippen LogP contribution in [-0.4, -0.2) is 14.2 Å². The molecule has 0 bridgehead atoms. The quantitative estimate of drug-likeness (QED) is 0.338. The molecule has 0 fully saturated rings. The van der Waals surface area contributed by atoms with E-state index in [0.717, 1.165) is 22.1 Å². The first-order valence-corrected chi connectivity index (χ1v) is 10.2. The molecule has 5 nitrogen and oxygen atoms in total. The van der Waals surface area contributed by atoms with E-state index in [-0.39, 0.29) is 0 Å². The van der Waals surface area contributed by atoms with Gasteiger partial charge in [0.25, 0.3) is 0 Å². The number of benzene rings is 3. The highest BCUT2D eigenvalue weighted by atomic mass is 16.5. The molecule has 0 unspecified atom stereocenters. The molecule has 0 amide bonds. The van der Waals surface area contributed by atoms with Gasteiger partial charge in [0, 0.05) is 5.39 Å². The molecular formula is C27H24O5. The van der Waals surface area contributed by atoms with Crippen LogP contribution in [-0.2, 0) is 6.61 Å². The standard InChI is InChI=1S/C27H24O5/c1-5-18-6-8-19(9-7-18)16-31-21-11-13-23-22(15-21)17(2)26(27(28)32-23)20-10-12-24(29-3)25(14-20)30-4/h5-15H,1,16H2,2-4H3. The second kappa shape index (κ2) is 9.02. The summed E-state index contributed by atoms with van der Waals surface area (Å²) in [6.07, 6.45) is 1.81. The number of hydrogen-bond donors (Lipinski definition) is 0. The average Bonchev–Trinajstić information content (AvgIpc) is 2.83. The minimum atomic E-state index is -0.404. The maximum absolute atomic E-state index is 12.8. The van der Waals surface area contributed by atoms with Gasteiger partial charge < -0.3 is 18.6 Å². The van der Waals surface area contributed by atoms with E-state index in [9.17, 15) is 4.79 Å². The molecule has 0 aliphatic rings. The smallest absolute Gasteiger partial charge is 0.344 e. The number of hydrogen-bond acceptors (Lipinski definition) is 5. The first-order chi connectivity index (χ1) is 15.5. The van der Waals surface area contributed by atoms with Crippen LogP contribution >= 0.6 is 0 Å². The first kappa shape index (κ1) is 21.2. The maximum Gasteiger partial charge on any atom is 0.344 e. The van der Waals surface area contributed by atoms with Crippen LogP contribution in [0.15, 0.2) is 76.5 Å². The van der Waals surface area contributed by atoms with E-state index >= 15 is 0 Å². The monoisotopic (exact) mass is 428 g/mol. The number of ether oxygens (including phenoxy) is 3. The van der Waals surface area contributed by atoms with Crippen molar-refractivity contribution in [1.29, 1.82) is 0 Å². The summed E-state index contributed by atoms with van der Waals surface area (Å²) in [6, 6.07) is 18.9. The second-order valence-electron chi connectivity index (χ2n) is 7.35. The summed E-state index contributed by atoms with van der Waals surface area (Å²) in [5, 5.41) is 0.814. The van der Waals surface area contributed by atoms with E-state index in [1.54, 1.807) is 44.6 Å². The Morgan fingerprint density at radius 3 is 2.38 bits per heavy atom. The summed E-state index contributed by atoms with van der Waals surface area (Å²) in [4.78, 5) is 12.8. The van der Waals surface area contributed by atoms with E-state index in [4.69, 9.17) is 18.6 Å². The van der Waals surface area contributed by atoms with Gasteiger partial charge in [0.15, 0.2) is 11.5 Å². The van der Waals surface area contributed by atoms with Crippen molar-refractivity contribution in [2.24, 2.45) is 0 Å². The van der Waals surface area contributed by atoms with Crippen LogP contribution in [0.25, 0.3) is 28.2 Å². The molecule has 32 heavy (non-hydrogen) atoms. The van der Waals surface area contributed by atoms with Crippen molar-refractivity contribution >= 4 is 17.0 Å². The Morgan fingerprint density at radius 2 is 1.69 bits per heavy atom. The summed E-state index contributed by atoms with van der Waals surface area (Å²) in [6.45, 7) is 6.11. The van der Waals surface area contributed by atoms with Crippen molar-refractivity contribution in [3.63, 3.8) is 0 Å². The fourth-order valence-corrected chi connectivity index (χ4v) is 3.66. The minimum Gasteiger partial charge on any atom is -0.493 e. The molecule has 0 saturated heterocycles. The molecular weight excluding hydrogens is 404 g/mol. The van der Waals surface area contributed by atoms with Crippen LogP contribution in [0.1, 0.15) is 16.7 Å². The summed E-state index contributed by atoms with van der Waals surface area (Å²) in [5.74, 6) is 1.83. The molecule has 3 aromatic carbocycles. The Balaban J connectivity index is 1.70. The zero-order valence-corrected chi connectivity index (χ0v) is 18.3. The summed E-state index contributed by atoms with van der Waals surface area (Å²) in [5.41, 5.74) is 4.22. The Labute approximate surface area is 186 Å². The van der Waals surface area contributed by atoms with E-state index in [1.165, 1.54) is 0 Å². The largest absolute Gasteiger partial charge is 0.493 e. The lowest BCUT2D eigenvalue weighted by Crippen LogP contribution is -2.06. The molecule has 0 atom stereocenters. The molecule has 0 saturated carbocycles. The Bertz CT molecular complexity index is 1330. The lowest BCUT2D eigenvalue weighted by molar-refractivity contribution is 0.306. The van der Waals surface area contributed by atoms with E-state index < -0.39 is 5.63 Å². The van der Waals surface area contributed by atoms with Gasteiger partial charge in [0.2, 0.25) is 0 Å². The number of rotatable bonds is 7. The van der Waals surface area contributed by atoms with E-state index in [0.29, 0.717) is 40.6 Å². The Kier molecular flexibility index (Phi) is 5.99. The van der Waals surface area contributed by atoms with Gasteiger partial charge in [-0.3, -0.25) is 0 Å². The fourth-order valence-electron chi connectivity index (χ4n) is 3.66. The van der Waals surface area contributed by atoms with Crippen molar-refractivity contribution in [2.45, 2.75) is 13.5 Å². The summed E-state index contributed by atoms with van der Waals surface area (Å²) >= 11 is 0. The third kappa shape index (κ3) is 4.10. The molecule has 0 radical (unpaired) electrons. The normalized spacial score (nSPS) is 10.7. The van der Waals surface area contributed by atoms with Crippen molar-refractivity contribution in [2.75, 3.05) is 14.2 Å². The van der Waals surface area contributed by atoms with Crippen LogP contribution < -0.4 is 19.8 Å². The highest BCUT2D eigenvalue weighted by Gasteiger charge is 2.16. The molecule has 0 aliphatic heterocycles. The highest BCUT2D eigenvalue weighted by Crippen LogP contribution is 2.34.